The number of aromatic nitrogens is 4. The molecule has 0 radical (unpaired) electrons. The van der Waals surface area contributed by atoms with Crippen LogP contribution < -0.4 is 0 Å². The van der Waals surface area contributed by atoms with E-state index >= 15 is 0 Å². The van der Waals surface area contributed by atoms with Crippen LogP contribution in [0.25, 0.3) is 121 Å². The van der Waals surface area contributed by atoms with Crippen LogP contribution in [-0.4, -0.2) is 18.9 Å². The van der Waals surface area contributed by atoms with E-state index in [2.05, 4.69) is 191 Å². The molecule has 56 heavy (non-hydrogen) atoms. The minimum Gasteiger partial charge on any atom is -0.308 e. The average molecular weight is 711 g/mol. The van der Waals surface area contributed by atoms with E-state index in [0.717, 1.165) is 33.2 Å². The zero-order chi connectivity index (χ0) is 36.5. The summed E-state index contributed by atoms with van der Waals surface area (Å²) < 4.78 is 4.78. The standard InChI is InChI=1S/C52H30N4/c1-2-12-31(13-3-1)33-25-27-46-42(29-33)48-47(30-41-38-16-7-10-20-44(38)55-45-21-11-8-18-40(45)49(48)51(41)55)56(46)52-53-43-19-9-6-17-39(43)50(54-52)35-24-26-37-34(28-35)23-22-32-14-4-5-15-36(32)37/h1-30H. The number of nitrogens with zero attached hydrogens (tertiary/aromatic N) is 4. The van der Waals surface area contributed by atoms with Crippen LogP contribution >= 0.6 is 0 Å². The number of hydrogen-bond acceptors (Lipinski definition) is 2. The molecule has 0 unspecified atom stereocenters. The predicted molar refractivity (Wildman–Crippen MR) is 234 cm³/mol. The molecule has 0 fully saturated rings. The molecule has 0 bridgehead atoms. The van der Waals surface area contributed by atoms with E-state index in [9.17, 15) is 0 Å². The first-order valence-electron chi connectivity index (χ1n) is 19.2. The van der Waals surface area contributed by atoms with Crippen molar-refractivity contribution in [2.75, 3.05) is 0 Å². The molecule has 258 valence electrons. The van der Waals surface area contributed by atoms with Gasteiger partial charge in [-0.2, -0.15) is 0 Å². The number of rotatable bonds is 3. The van der Waals surface area contributed by atoms with E-state index in [0.29, 0.717) is 5.95 Å². The molecule has 0 saturated heterocycles. The summed E-state index contributed by atoms with van der Waals surface area (Å²) in [7, 11) is 0. The van der Waals surface area contributed by atoms with E-state index in [1.165, 1.54) is 81.5 Å². The number of benzene rings is 9. The van der Waals surface area contributed by atoms with E-state index in [-0.39, 0.29) is 0 Å². The van der Waals surface area contributed by atoms with Crippen molar-refractivity contribution in [3.63, 3.8) is 0 Å². The van der Waals surface area contributed by atoms with Gasteiger partial charge in [0.1, 0.15) is 0 Å². The van der Waals surface area contributed by atoms with Crippen molar-refractivity contribution in [3.8, 4) is 28.3 Å². The molecule has 0 aliphatic heterocycles. The summed E-state index contributed by atoms with van der Waals surface area (Å²) in [6, 6.07) is 65.8. The Morgan fingerprint density at radius 1 is 0.339 bits per heavy atom. The molecule has 0 amide bonds. The maximum Gasteiger partial charge on any atom is 0.235 e. The van der Waals surface area contributed by atoms with Crippen LogP contribution in [0, 0.1) is 0 Å². The second kappa shape index (κ2) is 11.0. The molecule has 4 nitrogen and oxygen atoms in total. The quantitative estimate of drug-likeness (QED) is 0.171. The minimum absolute atomic E-state index is 0.659. The third kappa shape index (κ3) is 3.97. The van der Waals surface area contributed by atoms with Crippen LogP contribution in [0.2, 0.25) is 0 Å². The third-order valence-electron chi connectivity index (χ3n) is 12.0. The second-order valence-corrected chi connectivity index (χ2v) is 15.0. The zero-order valence-corrected chi connectivity index (χ0v) is 30.1. The first kappa shape index (κ1) is 29.8. The molecule has 0 atom stereocenters. The van der Waals surface area contributed by atoms with E-state index in [1.54, 1.807) is 0 Å². The summed E-state index contributed by atoms with van der Waals surface area (Å²) in [5.74, 6) is 0.659. The first-order chi connectivity index (χ1) is 27.8. The molecule has 4 aromatic heterocycles. The van der Waals surface area contributed by atoms with Gasteiger partial charge in [-0.25, -0.2) is 9.97 Å². The van der Waals surface area contributed by atoms with Crippen molar-refractivity contribution >= 4 is 92.3 Å². The van der Waals surface area contributed by atoms with Gasteiger partial charge in [-0.05, 0) is 75.1 Å². The summed E-state index contributed by atoms with van der Waals surface area (Å²) >= 11 is 0. The van der Waals surface area contributed by atoms with Crippen molar-refractivity contribution in [2.24, 2.45) is 0 Å². The number of fused-ring (bicyclic) bond motifs is 14. The summed E-state index contributed by atoms with van der Waals surface area (Å²) in [5.41, 5.74) is 11.1. The highest BCUT2D eigenvalue weighted by Gasteiger charge is 2.25. The Hall–Kier alpha value is -7.56. The van der Waals surface area contributed by atoms with Crippen molar-refractivity contribution in [1.29, 1.82) is 0 Å². The van der Waals surface area contributed by atoms with Gasteiger partial charge < -0.3 is 4.40 Å². The Morgan fingerprint density at radius 3 is 1.89 bits per heavy atom. The fraction of sp³-hybridized carbons (Fsp3) is 0. The summed E-state index contributed by atoms with van der Waals surface area (Å²) in [6.07, 6.45) is 0. The molecule has 4 heterocycles. The lowest BCUT2D eigenvalue weighted by Gasteiger charge is -2.13. The highest BCUT2D eigenvalue weighted by molar-refractivity contribution is 6.35. The van der Waals surface area contributed by atoms with Gasteiger partial charge in [0.15, 0.2) is 0 Å². The van der Waals surface area contributed by atoms with Crippen molar-refractivity contribution in [3.05, 3.63) is 182 Å². The van der Waals surface area contributed by atoms with Gasteiger partial charge in [-0.15, -0.1) is 0 Å². The topological polar surface area (TPSA) is 35.1 Å². The summed E-state index contributed by atoms with van der Waals surface area (Å²) in [5, 5.41) is 13.3. The Bertz CT molecular complexity index is 3760. The third-order valence-corrected chi connectivity index (χ3v) is 12.0. The van der Waals surface area contributed by atoms with Crippen LogP contribution in [0.3, 0.4) is 0 Å². The Balaban J connectivity index is 1.18. The lowest BCUT2D eigenvalue weighted by atomic mass is 9.98. The highest BCUT2D eigenvalue weighted by Crippen LogP contribution is 2.47. The molecule has 0 N–H and O–H groups in total. The highest BCUT2D eigenvalue weighted by atomic mass is 15.2. The second-order valence-electron chi connectivity index (χ2n) is 15.0. The number of hydrogen-bond donors (Lipinski definition) is 0. The van der Waals surface area contributed by atoms with Gasteiger partial charge in [0, 0.05) is 43.3 Å². The molecule has 9 aromatic carbocycles. The van der Waals surface area contributed by atoms with Crippen LogP contribution in [0.15, 0.2) is 182 Å². The van der Waals surface area contributed by atoms with Gasteiger partial charge in [0.2, 0.25) is 5.95 Å². The van der Waals surface area contributed by atoms with Gasteiger partial charge in [0.25, 0.3) is 0 Å². The lowest BCUT2D eigenvalue weighted by Crippen LogP contribution is -2.03. The predicted octanol–water partition coefficient (Wildman–Crippen LogP) is 13.5. The fourth-order valence-corrected chi connectivity index (χ4v) is 9.59. The Labute approximate surface area is 320 Å². The fourth-order valence-electron chi connectivity index (χ4n) is 9.59. The zero-order valence-electron chi connectivity index (χ0n) is 30.1. The first-order valence-corrected chi connectivity index (χ1v) is 19.2. The largest absolute Gasteiger partial charge is 0.308 e. The molecule has 0 spiro atoms. The van der Waals surface area contributed by atoms with Crippen molar-refractivity contribution < 1.29 is 0 Å². The van der Waals surface area contributed by atoms with Gasteiger partial charge in [-0.1, -0.05) is 140 Å². The van der Waals surface area contributed by atoms with Gasteiger partial charge in [-0.3, -0.25) is 4.57 Å². The lowest BCUT2D eigenvalue weighted by molar-refractivity contribution is 1.01. The smallest absolute Gasteiger partial charge is 0.235 e. The SMILES string of the molecule is c1ccc(-c2ccc3c(c2)c2c4c5ccccc5n5c6ccccc6c(cc2n3-c2nc(-c3ccc6c(ccc7ccccc76)c3)c3ccccc3n2)c45)cc1. The Morgan fingerprint density at radius 2 is 1.02 bits per heavy atom. The van der Waals surface area contributed by atoms with Crippen LogP contribution in [0.4, 0.5) is 0 Å². The van der Waals surface area contributed by atoms with Crippen molar-refractivity contribution in [2.45, 2.75) is 0 Å². The maximum absolute atomic E-state index is 5.55. The van der Waals surface area contributed by atoms with E-state index in [1.807, 2.05) is 0 Å². The summed E-state index contributed by atoms with van der Waals surface area (Å²) in [4.78, 5) is 10.9. The van der Waals surface area contributed by atoms with Crippen LogP contribution in [0.5, 0.6) is 0 Å². The van der Waals surface area contributed by atoms with Gasteiger partial charge >= 0.3 is 0 Å². The maximum atomic E-state index is 5.55. The van der Waals surface area contributed by atoms with Crippen LogP contribution in [0.1, 0.15) is 0 Å². The molecule has 0 aliphatic carbocycles. The minimum atomic E-state index is 0.659. The monoisotopic (exact) mass is 710 g/mol. The molecule has 13 aromatic rings. The Kier molecular flexibility index (Phi) is 5.86. The molecule has 13 rings (SSSR count). The summed E-state index contributed by atoms with van der Waals surface area (Å²) in [6.45, 7) is 0. The normalized spacial score (nSPS) is 12.3. The number of para-hydroxylation sites is 3. The van der Waals surface area contributed by atoms with Gasteiger partial charge in [0.05, 0.1) is 38.8 Å². The van der Waals surface area contributed by atoms with Crippen molar-refractivity contribution in [1.82, 2.24) is 18.9 Å². The molecule has 4 heteroatoms. The van der Waals surface area contributed by atoms with E-state index in [4.69, 9.17) is 9.97 Å². The molecule has 0 aliphatic rings. The molecular formula is C52H30N4. The van der Waals surface area contributed by atoms with Crippen LogP contribution in [-0.2, 0) is 0 Å². The molecular weight excluding hydrogens is 681 g/mol. The average Bonchev–Trinajstić information content (AvgIpc) is 3.90. The van der Waals surface area contributed by atoms with E-state index < -0.39 is 0 Å². The molecule has 0 saturated carbocycles.